The molecule has 0 spiro atoms. The van der Waals surface area contributed by atoms with Gasteiger partial charge in [0, 0.05) is 5.92 Å². The third-order valence-corrected chi connectivity index (χ3v) is 2.28. The highest BCUT2D eigenvalue weighted by atomic mass is 16.9. The molecule has 3 rings (SSSR count). The van der Waals surface area contributed by atoms with E-state index in [0.29, 0.717) is 12.0 Å². The highest BCUT2D eigenvalue weighted by Gasteiger charge is 2.37. The maximum atomic E-state index is 5.48. The van der Waals surface area contributed by atoms with Crippen molar-refractivity contribution >= 4 is 0 Å². The fourth-order valence-corrected chi connectivity index (χ4v) is 1.64. The molecular weight excluding hydrogens is 144 g/mol. The monoisotopic (exact) mass is 158 g/mol. The van der Waals surface area contributed by atoms with Crippen LogP contribution in [0.4, 0.5) is 0 Å². The van der Waals surface area contributed by atoms with Crippen molar-refractivity contribution in [3.63, 3.8) is 0 Å². The maximum absolute atomic E-state index is 5.48. The largest absolute Gasteiger partial charge is 0.329 e. The minimum Gasteiger partial charge on any atom is -0.329 e. The van der Waals surface area contributed by atoms with Crippen molar-refractivity contribution in [2.75, 3.05) is 13.2 Å². The van der Waals surface area contributed by atoms with Crippen molar-refractivity contribution in [2.24, 2.45) is 5.92 Å². The number of hydrogen-bond donors (Lipinski definition) is 0. The minimum absolute atomic E-state index is 0.364. The van der Waals surface area contributed by atoms with Crippen molar-refractivity contribution in [2.45, 2.75) is 32.3 Å². The maximum Gasteiger partial charge on any atom is 0.271 e. The molecule has 0 radical (unpaired) electrons. The second kappa shape index (κ2) is 3.09. The van der Waals surface area contributed by atoms with Crippen molar-refractivity contribution in [1.82, 2.24) is 0 Å². The van der Waals surface area contributed by atoms with Crippen LogP contribution < -0.4 is 0 Å². The Bertz CT molecular complexity index is 129. The van der Waals surface area contributed by atoms with Crippen LogP contribution in [-0.2, 0) is 14.2 Å². The zero-order valence-corrected chi connectivity index (χ0v) is 6.79. The van der Waals surface area contributed by atoms with E-state index in [1.807, 2.05) is 0 Å². The summed E-state index contributed by atoms with van der Waals surface area (Å²) in [6.07, 6.45) is 2.69. The van der Waals surface area contributed by atoms with Gasteiger partial charge in [-0.1, -0.05) is 13.3 Å². The minimum atomic E-state index is -0.364. The van der Waals surface area contributed by atoms with Crippen LogP contribution in [0.25, 0.3) is 0 Å². The Hall–Kier alpha value is -0.120. The Morgan fingerprint density at radius 3 is 2.45 bits per heavy atom. The van der Waals surface area contributed by atoms with Crippen LogP contribution in [0.2, 0.25) is 0 Å². The molecule has 0 aliphatic carbocycles. The van der Waals surface area contributed by atoms with Crippen molar-refractivity contribution < 1.29 is 14.2 Å². The second-order valence-electron chi connectivity index (χ2n) is 3.18. The zero-order valence-electron chi connectivity index (χ0n) is 6.79. The lowest BCUT2D eigenvalue weighted by atomic mass is 9.98. The summed E-state index contributed by atoms with van der Waals surface area (Å²) in [6, 6.07) is 0. The lowest BCUT2D eigenvalue weighted by molar-refractivity contribution is -0.392. The molecule has 0 saturated carbocycles. The molecule has 0 aromatic carbocycles. The van der Waals surface area contributed by atoms with Crippen LogP contribution >= 0.6 is 0 Å². The molecule has 3 fully saturated rings. The summed E-state index contributed by atoms with van der Waals surface area (Å²) in [6.45, 7) is 3.44. The molecule has 3 heterocycles. The van der Waals surface area contributed by atoms with Gasteiger partial charge in [-0.3, -0.25) is 0 Å². The molecule has 3 heteroatoms. The number of rotatable bonds is 2. The summed E-state index contributed by atoms with van der Waals surface area (Å²) in [5.41, 5.74) is 0. The number of hydrogen-bond acceptors (Lipinski definition) is 3. The van der Waals surface area contributed by atoms with Gasteiger partial charge in [0.15, 0.2) is 0 Å². The molecule has 3 aliphatic rings. The van der Waals surface area contributed by atoms with Crippen LogP contribution in [0, 0.1) is 5.92 Å². The Morgan fingerprint density at radius 1 is 1.27 bits per heavy atom. The van der Waals surface area contributed by atoms with Crippen LogP contribution in [0.3, 0.4) is 0 Å². The van der Waals surface area contributed by atoms with E-state index < -0.39 is 0 Å². The molecule has 0 amide bonds. The molecule has 64 valence electrons. The van der Waals surface area contributed by atoms with Gasteiger partial charge in [-0.05, 0) is 6.42 Å². The molecule has 0 N–H and O–H groups in total. The predicted molar refractivity (Wildman–Crippen MR) is 39.0 cm³/mol. The molecule has 3 nitrogen and oxygen atoms in total. The summed E-state index contributed by atoms with van der Waals surface area (Å²) in [5, 5.41) is 0. The van der Waals surface area contributed by atoms with Crippen LogP contribution in [-0.4, -0.2) is 25.8 Å². The molecular formula is C8H14O3. The first-order valence-electron chi connectivity index (χ1n) is 4.29. The summed E-state index contributed by atoms with van der Waals surface area (Å²) in [4.78, 5) is 0. The fourth-order valence-electron chi connectivity index (χ4n) is 1.64. The first-order valence-corrected chi connectivity index (χ1v) is 4.29. The standard InChI is InChI=1S/C8H14O3/c1-2-3-7-6-4-9-8(11-7)10-5-6/h6-8H,2-5H2,1H3. The summed E-state index contributed by atoms with van der Waals surface area (Å²) >= 11 is 0. The highest BCUT2D eigenvalue weighted by Crippen LogP contribution is 2.28. The highest BCUT2D eigenvalue weighted by molar-refractivity contribution is 4.76. The third-order valence-electron chi connectivity index (χ3n) is 2.28. The molecule has 1 unspecified atom stereocenters. The van der Waals surface area contributed by atoms with Crippen molar-refractivity contribution in [3.8, 4) is 0 Å². The molecule has 2 bridgehead atoms. The lowest BCUT2D eigenvalue weighted by Gasteiger charge is -2.41. The first-order chi connectivity index (χ1) is 5.40. The summed E-state index contributed by atoms with van der Waals surface area (Å²) in [7, 11) is 0. The van der Waals surface area contributed by atoms with Gasteiger partial charge in [-0.25, -0.2) is 0 Å². The quantitative estimate of drug-likeness (QED) is 0.603. The van der Waals surface area contributed by atoms with Crippen molar-refractivity contribution in [3.05, 3.63) is 0 Å². The smallest absolute Gasteiger partial charge is 0.271 e. The first kappa shape index (κ1) is 7.53. The molecule has 3 saturated heterocycles. The van der Waals surface area contributed by atoms with Crippen LogP contribution in [0.1, 0.15) is 19.8 Å². The average molecular weight is 158 g/mol. The molecule has 3 aliphatic heterocycles. The van der Waals surface area contributed by atoms with Gasteiger partial charge >= 0.3 is 0 Å². The van der Waals surface area contributed by atoms with E-state index >= 15 is 0 Å². The van der Waals surface area contributed by atoms with E-state index in [0.717, 1.165) is 19.6 Å². The number of ether oxygens (including phenoxy) is 3. The van der Waals surface area contributed by atoms with Gasteiger partial charge in [-0.15, -0.1) is 0 Å². The third kappa shape index (κ3) is 1.41. The van der Waals surface area contributed by atoms with Gasteiger partial charge in [-0.2, -0.15) is 0 Å². The normalized spacial score (nSPS) is 42.8. The molecule has 0 aromatic rings. The predicted octanol–water partition coefficient (Wildman–Crippen LogP) is 1.13. The fraction of sp³-hybridized carbons (Fsp3) is 1.00. The van der Waals surface area contributed by atoms with Crippen molar-refractivity contribution in [1.29, 1.82) is 0 Å². The zero-order chi connectivity index (χ0) is 7.68. The van der Waals surface area contributed by atoms with Gasteiger partial charge < -0.3 is 14.2 Å². The SMILES string of the molecule is CCCC1OC2OCC1CO2. The van der Waals surface area contributed by atoms with Gasteiger partial charge in [0.25, 0.3) is 6.48 Å². The van der Waals surface area contributed by atoms with Gasteiger partial charge in [0.05, 0.1) is 19.3 Å². The Balaban J connectivity index is 1.92. The van der Waals surface area contributed by atoms with Crippen LogP contribution in [0.15, 0.2) is 0 Å². The topological polar surface area (TPSA) is 27.7 Å². The van der Waals surface area contributed by atoms with E-state index in [4.69, 9.17) is 14.2 Å². The van der Waals surface area contributed by atoms with E-state index in [2.05, 4.69) is 6.92 Å². The van der Waals surface area contributed by atoms with Gasteiger partial charge in [0.1, 0.15) is 0 Å². The average Bonchev–Trinajstić information content (AvgIpc) is 2.07. The molecule has 0 aromatic heterocycles. The Morgan fingerprint density at radius 2 is 2.00 bits per heavy atom. The van der Waals surface area contributed by atoms with E-state index in [-0.39, 0.29) is 6.48 Å². The summed E-state index contributed by atoms with van der Waals surface area (Å²) < 4.78 is 15.9. The lowest BCUT2D eigenvalue weighted by Crippen LogP contribution is -2.49. The second-order valence-corrected chi connectivity index (χ2v) is 3.18. The molecule has 1 atom stereocenters. The van der Waals surface area contributed by atoms with E-state index in [1.54, 1.807) is 0 Å². The van der Waals surface area contributed by atoms with E-state index in [1.165, 1.54) is 6.42 Å². The Labute approximate surface area is 66.6 Å². The summed E-state index contributed by atoms with van der Waals surface area (Å²) in [5.74, 6) is 0.472. The number of fused-ring (bicyclic) bond motifs is 3. The van der Waals surface area contributed by atoms with Gasteiger partial charge in [0.2, 0.25) is 0 Å². The van der Waals surface area contributed by atoms with Crippen LogP contribution in [0.5, 0.6) is 0 Å². The Kier molecular flexibility index (Phi) is 2.11. The molecule has 11 heavy (non-hydrogen) atoms. The van der Waals surface area contributed by atoms with E-state index in [9.17, 15) is 0 Å².